The van der Waals surface area contributed by atoms with Gasteiger partial charge in [-0.15, -0.1) is 0 Å². The first-order valence-corrected chi connectivity index (χ1v) is 6.14. The minimum atomic E-state index is -0.555. The minimum Gasteiger partial charge on any atom is -0.392 e. The fourth-order valence-corrected chi connectivity index (χ4v) is 1.65. The number of nitrogens with one attached hydrogen (secondary N) is 1. The number of aliphatic hydroxyl groups excluding tert-OH is 1. The number of aromatic nitrogens is 1. The predicted octanol–water partition coefficient (Wildman–Crippen LogP) is 1.86. The number of aliphatic hydroxyl groups is 1. The summed E-state index contributed by atoms with van der Waals surface area (Å²) < 4.78 is 0. The number of hydrogen-bond acceptors (Lipinski definition) is 3. The van der Waals surface area contributed by atoms with Crippen molar-refractivity contribution < 1.29 is 9.90 Å². The summed E-state index contributed by atoms with van der Waals surface area (Å²) in [6.45, 7) is 1.86. The molecule has 0 saturated carbocycles. The number of pyridine rings is 1. The van der Waals surface area contributed by atoms with Crippen LogP contribution in [0.3, 0.4) is 0 Å². The highest BCUT2D eigenvalue weighted by molar-refractivity contribution is 5.94. The zero-order valence-electron chi connectivity index (χ0n) is 10.7. The summed E-state index contributed by atoms with van der Waals surface area (Å²) in [6.07, 6.45) is 0.986. The Labute approximate surface area is 112 Å². The van der Waals surface area contributed by atoms with Crippen molar-refractivity contribution in [3.8, 4) is 11.3 Å². The van der Waals surface area contributed by atoms with Crippen LogP contribution in [0.5, 0.6) is 0 Å². The van der Waals surface area contributed by atoms with Gasteiger partial charge in [-0.2, -0.15) is 0 Å². The maximum Gasteiger partial charge on any atom is 0.252 e. The van der Waals surface area contributed by atoms with Gasteiger partial charge in [0.25, 0.3) is 5.91 Å². The molecule has 0 aliphatic heterocycles. The normalized spacial score (nSPS) is 11.9. The Bertz CT molecular complexity index is 536. The second-order valence-electron chi connectivity index (χ2n) is 4.36. The highest BCUT2D eigenvalue weighted by Gasteiger charge is 2.07. The lowest BCUT2D eigenvalue weighted by atomic mass is 10.1. The number of carbonyl (C=O) groups is 1. The second-order valence-corrected chi connectivity index (χ2v) is 4.36. The van der Waals surface area contributed by atoms with E-state index in [4.69, 9.17) is 5.11 Å². The SMILES string of the molecule is CC(O)CNC(=O)c1ccc(-c2ccccc2)nc1. The van der Waals surface area contributed by atoms with Crippen molar-refractivity contribution in [2.24, 2.45) is 0 Å². The lowest BCUT2D eigenvalue weighted by molar-refractivity contribution is 0.0923. The minimum absolute atomic E-state index is 0.229. The molecule has 1 aromatic heterocycles. The quantitative estimate of drug-likeness (QED) is 0.877. The number of hydrogen-bond donors (Lipinski definition) is 2. The monoisotopic (exact) mass is 256 g/mol. The molecule has 1 atom stereocenters. The molecule has 0 fully saturated rings. The van der Waals surface area contributed by atoms with Gasteiger partial charge in [0.1, 0.15) is 0 Å². The molecule has 1 unspecified atom stereocenters. The number of rotatable bonds is 4. The van der Waals surface area contributed by atoms with E-state index in [1.54, 1.807) is 19.2 Å². The third-order valence-electron chi connectivity index (χ3n) is 2.65. The highest BCUT2D eigenvalue weighted by atomic mass is 16.3. The molecule has 0 spiro atoms. The summed E-state index contributed by atoms with van der Waals surface area (Å²) in [5.41, 5.74) is 2.33. The first-order chi connectivity index (χ1) is 9.16. The van der Waals surface area contributed by atoms with Crippen molar-refractivity contribution in [1.82, 2.24) is 10.3 Å². The molecular formula is C15H16N2O2. The number of carbonyl (C=O) groups excluding carboxylic acids is 1. The van der Waals surface area contributed by atoms with Crippen LogP contribution in [0.25, 0.3) is 11.3 Å². The first kappa shape index (κ1) is 13.2. The molecule has 1 heterocycles. The summed E-state index contributed by atoms with van der Waals surface area (Å²) in [7, 11) is 0. The second kappa shape index (κ2) is 6.11. The Morgan fingerprint density at radius 3 is 2.58 bits per heavy atom. The van der Waals surface area contributed by atoms with Gasteiger partial charge >= 0.3 is 0 Å². The summed E-state index contributed by atoms with van der Waals surface area (Å²) in [5, 5.41) is 11.7. The number of benzene rings is 1. The molecule has 0 saturated heterocycles. The van der Waals surface area contributed by atoms with Gasteiger partial charge in [0, 0.05) is 18.3 Å². The van der Waals surface area contributed by atoms with Gasteiger partial charge in [0.15, 0.2) is 0 Å². The highest BCUT2D eigenvalue weighted by Crippen LogP contribution is 2.16. The van der Waals surface area contributed by atoms with Gasteiger partial charge in [-0.3, -0.25) is 9.78 Å². The third-order valence-corrected chi connectivity index (χ3v) is 2.65. The van der Waals surface area contributed by atoms with E-state index in [0.717, 1.165) is 11.3 Å². The Balaban J connectivity index is 2.08. The van der Waals surface area contributed by atoms with Crippen molar-refractivity contribution in [2.75, 3.05) is 6.54 Å². The Morgan fingerprint density at radius 2 is 2.00 bits per heavy atom. The molecule has 1 amide bonds. The fraction of sp³-hybridized carbons (Fsp3) is 0.200. The Morgan fingerprint density at radius 1 is 1.26 bits per heavy atom. The van der Waals surface area contributed by atoms with E-state index in [9.17, 15) is 4.79 Å². The molecule has 0 aliphatic carbocycles. The Kier molecular flexibility index (Phi) is 4.26. The van der Waals surface area contributed by atoms with Gasteiger partial charge in [0.05, 0.1) is 17.4 Å². The predicted molar refractivity (Wildman–Crippen MR) is 73.7 cm³/mol. The van der Waals surface area contributed by atoms with E-state index < -0.39 is 6.10 Å². The van der Waals surface area contributed by atoms with Crippen molar-refractivity contribution in [2.45, 2.75) is 13.0 Å². The molecule has 19 heavy (non-hydrogen) atoms. The average Bonchev–Trinajstić information content (AvgIpc) is 2.46. The van der Waals surface area contributed by atoms with Crippen LogP contribution in [0.15, 0.2) is 48.7 Å². The van der Waals surface area contributed by atoms with Crippen molar-refractivity contribution in [3.63, 3.8) is 0 Å². The molecule has 4 heteroatoms. The van der Waals surface area contributed by atoms with E-state index in [-0.39, 0.29) is 12.5 Å². The van der Waals surface area contributed by atoms with Crippen molar-refractivity contribution in [3.05, 3.63) is 54.2 Å². The smallest absolute Gasteiger partial charge is 0.252 e. The van der Waals surface area contributed by atoms with Crippen LogP contribution in [-0.4, -0.2) is 28.6 Å². The van der Waals surface area contributed by atoms with Crippen molar-refractivity contribution >= 4 is 5.91 Å². The van der Waals surface area contributed by atoms with E-state index in [0.29, 0.717) is 5.56 Å². The van der Waals surface area contributed by atoms with Gasteiger partial charge in [-0.05, 0) is 19.1 Å². The lowest BCUT2D eigenvalue weighted by Gasteiger charge is -2.07. The van der Waals surface area contributed by atoms with Crippen LogP contribution >= 0.6 is 0 Å². The van der Waals surface area contributed by atoms with E-state index in [2.05, 4.69) is 10.3 Å². The van der Waals surface area contributed by atoms with Gasteiger partial charge in [-0.1, -0.05) is 30.3 Å². The Hall–Kier alpha value is -2.20. The first-order valence-electron chi connectivity index (χ1n) is 6.14. The maximum absolute atomic E-state index is 11.7. The molecule has 98 valence electrons. The van der Waals surface area contributed by atoms with Crippen molar-refractivity contribution in [1.29, 1.82) is 0 Å². The molecule has 2 rings (SSSR count). The summed E-state index contributed by atoms with van der Waals surface area (Å²) in [6, 6.07) is 13.3. The van der Waals surface area contributed by atoms with Crippen LogP contribution < -0.4 is 5.32 Å². The van der Waals surface area contributed by atoms with Crippen LogP contribution in [0, 0.1) is 0 Å². The zero-order chi connectivity index (χ0) is 13.7. The maximum atomic E-state index is 11.7. The van der Waals surface area contributed by atoms with E-state index in [1.165, 1.54) is 0 Å². The van der Waals surface area contributed by atoms with Gasteiger partial charge in [0.2, 0.25) is 0 Å². The van der Waals surface area contributed by atoms with Crippen LogP contribution in [0.4, 0.5) is 0 Å². The molecular weight excluding hydrogens is 240 g/mol. The third kappa shape index (κ3) is 3.63. The zero-order valence-corrected chi connectivity index (χ0v) is 10.7. The molecule has 4 nitrogen and oxygen atoms in total. The molecule has 2 N–H and O–H groups in total. The van der Waals surface area contributed by atoms with Crippen LogP contribution in [0.2, 0.25) is 0 Å². The van der Waals surface area contributed by atoms with Crippen LogP contribution in [-0.2, 0) is 0 Å². The standard InChI is InChI=1S/C15H16N2O2/c1-11(18)9-17-15(19)13-7-8-14(16-10-13)12-5-3-2-4-6-12/h2-8,10-11,18H,9H2,1H3,(H,17,19). The van der Waals surface area contributed by atoms with E-state index in [1.807, 2.05) is 36.4 Å². The van der Waals surface area contributed by atoms with Gasteiger partial charge in [-0.25, -0.2) is 0 Å². The average molecular weight is 256 g/mol. The molecule has 1 aromatic carbocycles. The molecule has 2 aromatic rings. The largest absolute Gasteiger partial charge is 0.392 e. The lowest BCUT2D eigenvalue weighted by Crippen LogP contribution is -2.30. The molecule has 0 bridgehead atoms. The summed E-state index contributed by atoms with van der Waals surface area (Å²) in [4.78, 5) is 16.0. The number of nitrogens with zero attached hydrogens (tertiary/aromatic N) is 1. The topological polar surface area (TPSA) is 62.2 Å². The fourth-order valence-electron chi connectivity index (χ4n) is 1.65. The molecule has 0 aliphatic rings. The number of amides is 1. The van der Waals surface area contributed by atoms with E-state index >= 15 is 0 Å². The van der Waals surface area contributed by atoms with Crippen LogP contribution in [0.1, 0.15) is 17.3 Å². The molecule has 0 radical (unpaired) electrons. The van der Waals surface area contributed by atoms with Gasteiger partial charge < -0.3 is 10.4 Å². The summed E-state index contributed by atoms with van der Waals surface area (Å²) >= 11 is 0. The summed E-state index contributed by atoms with van der Waals surface area (Å²) in [5.74, 6) is -0.229.